The molecular weight excluding hydrogens is 303 g/mol. The Morgan fingerprint density at radius 1 is 1.27 bits per heavy atom. The average molecular weight is 322 g/mol. The molecule has 1 fully saturated rings. The van der Waals surface area contributed by atoms with Gasteiger partial charge in [0, 0.05) is 25.4 Å². The van der Waals surface area contributed by atoms with E-state index < -0.39 is 0 Å². The Morgan fingerprint density at radius 2 is 2.09 bits per heavy atom. The van der Waals surface area contributed by atoms with Crippen LogP contribution in [-0.4, -0.2) is 41.1 Å². The molecule has 0 N–H and O–H groups in total. The first-order valence-corrected chi connectivity index (χ1v) is 8.39. The van der Waals surface area contributed by atoms with Gasteiger partial charge in [-0.05, 0) is 24.6 Å². The molecule has 22 heavy (non-hydrogen) atoms. The zero-order valence-corrected chi connectivity index (χ0v) is 13.4. The molecule has 1 aromatic carbocycles. The van der Waals surface area contributed by atoms with E-state index in [9.17, 15) is 4.39 Å². The summed E-state index contributed by atoms with van der Waals surface area (Å²) < 4.78 is 20.7. The number of nitrogens with zero attached hydrogens (tertiary/aromatic N) is 4. The zero-order valence-electron chi connectivity index (χ0n) is 12.5. The van der Waals surface area contributed by atoms with Crippen LogP contribution in [0.4, 0.5) is 10.3 Å². The fourth-order valence-electron chi connectivity index (χ4n) is 2.44. The number of aromatic nitrogens is 3. The second kappa shape index (κ2) is 7.11. The van der Waals surface area contributed by atoms with Crippen LogP contribution in [0, 0.1) is 5.82 Å². The van der Waals surface area contributed by atoms with Gasteiger partial charge in [0.2, 0.25) is 5.95 Å². The number of hydrogen-bond donors (Lipinski definition) is 0. The van der Waals surface area contributed by atoms with Gasteiger partial charge in [-0.3, -0.25) is 4.57 Å². The maximum atomic E-state index is 13.2. The molecule has 0 radical (unpaired) electrons. The second-order valence-electron chi connectivity index (χ2n) is 5.04. The normalized spacial score (nSPS) is 15.3. The summed E-state index contributed by atoms with van der Waals surface area (Å²) in [7, 11) is 0. The summed E-state index contributed by atoms with van der Waals surface area (Å²) in [5.41, 5.74) is 0.948. The first-order chi connectivity index (χ1) is 10.8. The van der Waals surface area contributed by atoms with Gasteiger partial charge in [0.25, 0.3) is 0 Å². The third-order valence-electron chi connectivity index (χ3n) is 3.56. The van der Waals surface area contributed by atoms with E-state index in [0.717, 1.165) is 49.5 Å². The molecule has 118 valence electrons. The summed E-state index contributed by atoms with van der Waals surface area (Å²) in [5, 5.41) is 9.50. The van der Waals surface area contributed by atoms with Crippen molar-refractivity contribution >= 4 is 17.7 Å². The van der Waals surface area contributed by atoms with Crippen LogP contribution in [0.1, 0.15) is 12.5 Å². The van der Waals surface area contributed by atoms with Crippen LogP contribution in [0.5, 0.6) is 0 Å². The lowest BCUT2D eigenvalue weighted by atomic mass is 10.2. The molecule has 0 bridgehead atoms. The molecular formula is C15H19FN4OS. The van der Waals surface area contributed by atoms with Crippen molar-refractivity contribution in [2.45, 2.75) is 24.4 Å². The van der Waals surface area contributed by atoms with E-state index in [-0.39, 0.29) is 5.82 Å². The summed E-state index contributed by atoms with van der Waals surface area (Å²) in [4.78, 5) is 2.20. The molecule has 0 spiro atoms. The highest BCUT2D eigenvalue weighted by atomic mass is 32.2. The highest BCUT2D eigenvalue weighted by molar-refractivity contribution is 7.98. The van der Waals surface area contributed by atoms with E-state index in [1.54, 1.807) is 23.9 Å². The first-order valence-electron chi connectivity index (χ1n) is 7.41. The van der Waals surface area contributed by atoms with Crippen LogP contribution in [0.25, 0.3) is 0 Å². The number of halogens is 1. The molecule has 0 saturated carbocycles. The summed E-state index contributed by atoms with van der Waals surface area (Å²) in [5.74, 6) is 1.37. The van der Waals surface area contributed by atoms with Gasteiger partial charge in [0.15, 0.2) is 5.16 Å². The summed E-state index contributed by atoms with van der Waals surface area (Å²) >= 11 is 1.58. The summed E-state index contributed by atoms with van der Waals surface area (Å²) in [6, 6.07) is 6.67. The van der Waals surface area contributed by atoms with Gasteiger partial charge in [-0.2, -0.15) is 0 Å². The highest BCUT2D eigenvalue weighted by Gasteiger charge is 2.19. The number of rotatable bonds is 5. The topological polar surface area (TPSA) is 43.2 Å². The molecule has 1 saturated heterocycles. The lowest BCUT2D eigenvalue weighted by Gasteiger charge is -2.27. The zero-order chi connectivity index (χ0) is 15.4. The highest BCUT2D eigenvalue weighted by Crippen LogP contribution is 2.25. The fraction of sp³-hybridized carbons (Fsp3) is 0.467. The lowest BCUT2D eigenvalue weighted by Crippen LogP contribution is -2.38. The Hall–Kier alpha value is -1.60. The Labute approximate surface area is 133 Å². The minimum absolute atomic E-state index is 0.205. The molecule has 3 rings (SSSR count). The number of hydrogen-bond acceptors (Lipinski definition) is 5. The largest absolute Gasteiger partial charge is 0.378 e. The number of anilines is 1. The quantitative estimate of drug-likeness (QED) is 0.792. The minimum atomic E-state index is -0.205. The van der Waals surface area contributed by atoms with Gasteiger partial charge in [-0.1, -0.05) is 23.9 Å². The molecule has 1 aliphatic heterocycles. The van der Waals surface area contributed by atoms with Crippen LogP contribution in [-0.2, 0) is 17.0 Å². The van der Waals surface area contributed by atoms with Gasteiger partial charge in [-0.15, -0.1) is 10.2 Å². The van der Waals surface area contributed by atoms with Crippen molar-refractivity contribution in [3.05, 3.63) is 35.6 Å². The third kappa shape index (κ3) is 3.41. The molecule has 2 aromatic rings. The lowest BCUT2D eigenvalue weighted by molar-refractivity contribution is 0.121. The number of morpholine rings is 1. The SMILES string of the molecule is CCn1c(SCc2cccc(F)c2)nnc1N1CCOCC1. The molecule has 2 heterocycles. The van der Waals surface area contributed by atoms with Crippen molar-refractivity contribution in [1.82, 2.24) is 14.8 Å². The maximum absolute atomic E-state index is 13.2. The monoisotopic (exact) mass is 322 g/mol. The fourth-order valence-corrected chi connectivity index (χ4v) is 3.38. The molecule has 0 amide bonds. The van der Waals surface area contributed by atoms with Crippen molar-refractivity contribution in [3.8, 4) is 0 Å². The van der Waals surface area contributed by atoms with E-state index in [4.69, 9.17) is 4.74 Å². The number of ether oxygens (including phenoxy) is 1. The van der Waals surface area contributed by atoms with E-state index in [0.29, 0.717) is 5.75 Å². The Balaban J connectivity index is 1.72. The predicted octanol–water partition coefficient (Wildman–Crippen LogP) is 2.57. The summed E-state index contributed by atoms with van der Waals surface area (Å²) in [6.45, 7) is 6.02. The average Bonchev–Trinajstić information content (AvgIpc) is 2.97. The second-order valence-corrected chi connectivity index (χ2v) is 5.99. The van der Waals surface area contributed by atoms with Crippen LogP contribution < -0.4 is 4.90 Å². The molecule has 5 nitrogen and oxygen atoms in total. The predicted molar refractivity (Wildman–Crippen MR) is 84.7 cm³/mol. The van der Waals surface area contributed by atoms with Crippen LogP contribution in [0.15, 0.2) is 29.4 Å². The van der Waals surface area contributed by atoms with E-state index in [1.165, 1.54) is 6.07 Å². The molecule has 1 aliphatic rings. The van der Waals surface area contributed by atoms with Crippen LogP contribution >= 0.6 is 11.8 Å². The standard InChI is InChI=1S/C15H19FN4OS/c1-2-20-14(19-6-8-21-9-7-19)17-18-15(20)22-11-12-4-3-5-13(16)10-12/h3-5,10H,2,6-9,11H2,1H3. The van der Waals surface area contributed by atoms with E-state index in [1.807, 2.05) is 6.07 Å². The van der Waals surface area contributed by atoms with Crippen LogP contribution in [0.2, 0.25) is 0 Å². The van der Waals surface area contributed by atoms with E-state index in [2.05, 4.69) is 26.6 Å². The Kier molecular flexibility index (Phi) is 4.94. The van der Waals surface area contributed by atoms with Crippen molar-refractivity contribution < 1.29 is 9.13 Å². The third-order valence-corrected chi connectivity index (χ3v) is 4.60. The molecule has 0 aliphatic carbocycles. The molecule has 0 atom stereocenters. The van der Waals surface area contributed by atoms with Crippen LogP contribution in [0.3, 0.4) is 0 Å². The van der Waals surface area contributed by atoms with Gasteiger partial charge < -0.3 is 9.64 Å². The van der Waals surface area contributed by atoms with Crippen molar-refractivity contribution in [2.75, 3.05) is 31.2 Å². The smallest absolute Gasteiger partial charge is 0.228 e. The summed E-state index contributed by atoms with van der Waals surface area (Å²) in [6.07, 6.45) is 0. The van der Waals surface area contributed by atoms with Crippen molar-refractivity contribution in [1.29, 1.82) is 0 Å². The Bertz CT molecular complexity index is 628. The van der Waals surface area contributed by atoms with Gasteiger partial charge >= 0.3 is 0 Å². The maximum Gasteiger partial charge on any atom is 0.228 e. The van der Waals surface area contributed by atoms with Gasteiger partial charge in [-0.25, -0.2) is 4.39 Å². The first kappa shape index (κ1) is 15.3. The van der Waals surface area contributed by atoms with Crippen molar-refractivity contribution in [3.63, 3.8) is 0 Å². The van der Waals surface area contributed by atoms with Crippen molar-refractivity contribution in [2.24, 2.45) is 0 Å². The van der Waals surface area contributed by atoms with Gasteiger partial charge in [0.1, 0.15) is 5.82 Å². The molecule has 0 unspecified atom stereocenters. The van der Waals surface area contributed by atoms with E-state index >= 15 is 0 Å². The molecule has 1 aromatic heterocycles. The minimum Gasteiger partial charge on any atom is -0.378 e. The molecule has 7 heteroatoms. The number of thioether (sulfide) groups is 1. The number of benzene rings is 1. The Morgan fingerprint density at radius 3 is 2.82 bits per heavy atom. The van der Waals surface area contributed by atoms with Gasteiger partial charge in [0.05, 0.1) is 13.2 Å².